The van der Waals surface area contributed by atoms with Crippen LogP contribution in [0, 0.1) is 0 Å². The maximum Gasteiger partial charge on any atom is 0.228 e. The minimum absolute atomic E-state index is 0.471. The van der Waals surface area contributed by atoms with E-state index in [1.807, 2.05) is 30.1 Å². The molecule has 0 bridgehead atoms. The van der Waals surface area contributed by atoms with Crippen LogP contribution >= 0.6 is 15.9 Å². The molecule has 94 valence electrons. The normalized spacial score (nSPS) is 10.3. The number of hydrogen-bond donors (Lipinski definition) is 1. The molecule has 0 saturated heterocycles. The minimum Gasteiger partial charge on any atom is -0.383 e. The van der Waals surface area contributed by atoms with Crippen molar-refractivity contribution in [3.63, 3.8) is 0 Å². The van der Waals surface area contributed by atoms with Crippen LogP contribution in [-0.2, 0) is 6.42 Å². The van der Waals surface area contributed by atoms with Gasteiger partial charge in [0, 0.05) is 19.7 Å². The van der Waals surface area contributed by atoms with Gasteiger partial charge in [0.1, 0.15) is 10.4 Å². The lowest BCUT2D eigenvalue weighted by molar-refractivity contribution is 0.836. The summed E-state index contributed by atoms with van der Waals surface area (Å²) in [6.07, 6.45) is 0.952. The molecule has 2 rings (SSSR count). The number of rotatable bonds is 4. The van der Waals surface area contributed by atoms with E-state index in [2.05, 4.69) is 38.0 Å². The van der Waals surface area contributed by atoms with Crippen LogP contribution in [0.1, 0.15) is 5.56 Å². The zero-order valence-electron chi connectivity index (χ0n) is 10.2. The van der Waals surface area contributed by atoms with Crippen molar-refractivity contribution in [2.45, 2.75) is 6.42 Å². The van der Waals surface area contributed by atoms with Crippen molar-refractivity contribution >= 4 is 27.7 Å². The molecule has 0 atom stereocenters. The van der Waals surface area contributed by atoms with Gasteiger partial charge in [0.2, 0.25) is 5.95 Å². The molecule has 0 unspecified atom stereocenters. The Morgan fingerprint density at radius 3 is 2.61 bits per heavy atom. The van der Waals surface area contributed by atoms with Crippen molar-refractivity contribution in [2.75, 3.05) is 24.2 Å². The second kappa shape index (κ2) is 5.82. The average molecular weight is 307 g/mol. The van der Waals surface area contributed by atoms with E-state index in [4.69, 9.17) is 5.73 Å². The van der Waals surface area contributed by atoms with Gasteiger partial charge in [0.25, 0.3) is 0 Å². The highest BCUT2D eigenvalue weighted by molar-refractivity contribution is 9.10. The average Bonchev–Trinajstić information content (AvgIpc) is 2.36. The highest BCUT2D eigenvalue weighted by atomic mass is 79.9. The Labute approximate surface area is 115 Å². The number of likely N-dealkylation sites (N-methyl/N-ethyl adjacent to an activating group) is 1. The smallest absolute Gasteiger partial charge is 0.228 e. The number of benzene rings is 1. The van der Waals surface area contributed by atoms with Gasteiger partial charge in [-0.3, -0.25) is 0 Å². The minimum atomic E-state index is 0.471. The molecule has 0 aliphatic carbocycles. The lowest BCUT2D eigenvalue weighted by atomic mass is 10.1. The third-order valence-corrected chi connectivity index (χ3v) is 3.03. The van der Waals surface area contributed by atoms with Crippen LogP contribution in [0.2, 0.25) is 0 Å². The third kappa shape index (κ3) is 3.43. The molecule has 0 radical (unpaired) electrons. The fourth-order valence-corrected chi connectivity index (χ4v) is 2.03. The molecule has 1 aromatic heterocycles. The zero-order valence-corrected chi connectivity index (χ0v) is 11.8. The van der Waals surface area contributed by atoms with E-state index < -0.39 is 0 Å². The van der Waals surface area contributed by atoms with Crippen molar-refractivity contribution in [2.24, 2.45) is 0 Å². The Bertz CT molecular complexity index is 495. The van der Waals surface area contributed by atoms with E-state index in [1.165, 1.54) is 5.56 Å². The summed E-state index contributed by atoms with van der Waals surface area (Å²) in [5.41, 5.74) is 7.00. The van der Waals surface area contributed by atoms with Crippen LogP contribution < -0.4 is 10.6 Å². The molecule has 0 saturated carbocycles. The van der Waals surface area contributed by atoms with E-state index >= 15 is 0 Å². The fraction of sp³-hybridized carbons (Fsp3) is 0.231. The van der Waals surface area contributed by atoms with E-state index in [9.17, 15) is 0 Å². The van der Waals surface area contributed by atoms with Crippen molar-refractivity contribution in [1.29, 1.82) is 0 Å². The van der Waals surface area contributed by atoms with Crippen molar-refractivity contribution in [3.05, 3.63) is 46.6 Å². The maximum atomic E-state index is 5.70. The van der Waals surface area contributed by atoms with Gasteiger partial charge in [0.15, 0.2) is 0 Å². The van der Waals surface area contributed by atoms with E-state index in [0.717, 1.165) is 13.0 Å². The predicted molar refractivity (Wildman–Crippen MR) is 77.6 cm³/mol. The first-order valence-electron chi connectivity index (χ1n) is 5.70. The highest BCUT2D eigenvalue weighted by Crippen LogP contribution is 2.15. The molecular weight excluding hydrogens is 292 g/mol. The number of anilines is 2. The molecule has 0 amide bonds. The Morgan fingerprint density at radius 1 is 1.22 bits per heavy atom. The van der Waals surface area contributed by atoms with Crippen LogP contribution in [-0.4, -0.2) is 23.6 Å². The fourth-order valence-electron chi connectivity index (χ4n) is 1.63. The number of halogens is 1. The highest BCUT2D eigenvalue weighted by Gasteiger charge is 2.06. The Morgan fingerprint density at radius 2 is 1.94 bits per heavy atom. The first-order chi connectivity index (χ1) is 8.65. The molecule has 5 heteroatoms. The molecule has 0 fully saturated rings. The summed E-state index contributed by atoms with van der Waals surface area (Å²) < 4.78 is 0.705. The molecule has 18 heavy (non-hydrogen) atoms. The van der Waals surface area contributed by atoms with Crippen LogP contribution in [0.25, 0.3) is 0 Å². The first-order valence-corrected chi connectivity index (χ1v) is 6.49. The zero-order chi connectivity index (χ0) is 13.0. The molecule has 0 aliphatic heterocycles. The second-order valence-corrected chi connectivity index (χ2v) is 4.89. The van der Waals surface area contributed by atoms with E-state index in [1.54, 1.807) is 6.07 Å². The molecular formula is C13H15BrN4. The molecule has 0 aliphatic rings. The Kier molecular flexibility index (Phi) is 4.15. The maximum absolute atomic E-state index is 5.70. The van der Waals surface area contributed by atoms with E-state index in [-0.39, 0.29) is 0 Å². The predicted octanol–water partition coefficient (Wildman–Crippen LogP) is 2.50. The number of hydrogen-bond acceptors (Lipinski definition) is 4. The first kappa shape index (κ1) is 12.8. The molecule has 4 nitrogen and oxygen atoms in total. The molecule has 1 aromatic carbocycles. The molecule has 2 aromatic rings. The molecule has 1 heterocycles. The van der Waals surface area contributed by atoms with Crippen molar-refractivity contribution in [1.82, 2.24) is 9.97 Å². The van der Waals surface area contributed by atoms with Crippen LogP contribution in [0.5, 0.6) is 0 Å². The quantitative estimate of drug-likeness (QED) is 0.882. The van der Waals surface area contributed by atoms with Crippen LogP contribution in [0.4, 0.5) is 11.8 Å². The summed E-state index contributed by atoms with van der Waals surface area (Å²) in [4.78, 5) is 10.5. The van der Waals surface area contributed by atoms with Gasteiger partial charge in [-0.05, 0) is 27.9 Å². The third-order valence-electron chi connectivity index (χ3n) is 2.62. The summed E-state index contributed by atoms with van der Waals surface area (Å²) in [6.45, 7) is 0.847. The van der Waals surface area contributed by atoms with E-state index in [0.29, 0.717) is 16.4 Å². The van der Waals surface area contributed by atoms with Gasteiger partial charge < -0.3 is 10.6 Å². The largest absolute Gasteiger partial charge is 0.383 e. The summed E-state index contributed by atoms with van der Waals surface area (Å²) in [6, 6.07) is 12.0. The lowest BCUT2D eigenvalue weighted by Crippen LogP contribution is -2.23. The number of aromatic nitrogens is 2. The van der Waals surface area contributed by atoms with Gasteiger partial charge in [-0.1, -0.05) is 30.3 Å². The summed E-state index contributed by atoms with van der Waals surface area (Å²) >= 11 is 3.32. The summed E-state index contributed by atoms with van der Waals surface area (Å²) in [5, 5.41) is 0. The second-order valence-electron chi connectivity index (χ2n) is 4.07. The van der Waals surface area contributed by atoms with Crippen LogP contribution in [0.15, 0.2) is 41.0 Å². The topological polar surface area (TPSA) is 55.0 Å². The van der Waals surface area contributed by atoms with Gasteiger partial charge >= 0.3 is 0 Å². The number of nitrogens with two attached hydrogens (primary N) is 1. The number of nitrogens with zero attached hydrogens (tertiary/aromatic N) is 3. The van der Waals surface area contributed by atoms with Gasteiger partial charge in [-0.2, -0.15) is 4.98 Å². The molecule has 0 spiro atoms. The molecule has 2 N–H and O–H groups in total. The Hall–Kier alpha value is -1.62. The summed E-state index contributed by atoms with van der Waals surface area (Å²) in [7, 11) is 1.96. The number of nitrogen functional groups attached to an aromatic ring is 1. The standard InChI is InChI=1S/C13H15BrN4/c1-18(8-7-10-5-3-2-4-6-10)13-16-11(14)9-12(15)17-13/h2-6,9H,7-8H2,1H3,(H2,15,16,17). The van der Waals surface area contributed by atoms with Gasteiger partial charge in [-0.15, -0.1) is 0 Å². The lowest BCUT2D eigenvalue weighted by Gasteiger charge is -2.17. The SMILES string of the molecule is CN(CCc1ccccc1)c1nc(N)cc(Br)n1. The summed E-state index contributed by atoms with van der Waals surface area (Å²) in [5.74, 6) is 1.11. The Balaban J connectivity index is 2.01. The van der Waals surface area contributed by atoms with Crippen molar-refractivity contribution < 1.29 is 0 Å². The van der Waals surface area contributed by atoms with Gasteiger partial charge in [-0.25, -0.2) is 4.98 Å². The van der Waals surface area contributed by atoms with Crippen molar-refractivity contribution in [3.8, 4) is 0 Å². The van der Waals surface area contributed by atoms with Gasteiger partial charge in [0.05, 0.1) is 0 Å². The van der Waals surface area contributed by atoms with Crippen LogP contribution in [0.3, 0.4) is 0 Å². The monoisotopic (exact) mass is 306 g/mol.